The first kappa shape index (κ1) is 5.79. The maximum atomic E-state index is 5.89. The minimum absolute atomic E-state index is 0.617. The fourth-order valence-corrected chi connectivity index (χ4v) is 2.21. The molecule has 0 spiro atoms. The molecule has 50 valence electrons. The number of rotatable bonds is 0. The summed E-state index contributed by atoms with van der Waals surface area (Å²) in [5, 5.41) is 1.09. The van der Waals surface area contributed by atoms with Gasteiger partial charge in [0, 0.05) is 5.03 Å². The molecule has 2 unspecified atom stereocenters. The first-order chi connectivity index (χ1) is 4.21. The lowest BCUT2D eigenvalue weighted by atomic mass is 9.95. The van der Waals surface area contributed by atoms with Gasteiger partial charge in [0.15, 0.2) is 0 Å². The van der Waals surface area contributed by atoms with Gasteiger partial charge in [0.2, 0.25) is 0 Å². The number of hydrogen-bond donors (Lipinski definition) is 0. The van der Waals surface area contributed by atoms with Crippen molar-refractivity contribution in [1.82, 2.24) is 0 Å². The molecule has 2 aliphatic rings. The summed E-state index contributed by atoms with van der Waals surface area (Å²) in [6.07, 6.45) is 5.95. The van der Waals surface area contributed by atoms with E-state index in [-0.39, 0.29) is 0 Å². The molecule has 0 heterocycles. The van der Waals surface area contributed by atoms with Crippen LogP contribution in [0.5, 0.6) is 0 Å². The van der Waals surface area contributed by atoms with Gasteiger partial charge >= 0.3 is 0 Å². The normalized spacial score (nSPS) is 47.8. The highest BCUT2D eigenvalue weighted by Gasteiger charge is 2.50. The lowest BCUT2D eigenvalue weighted by Crippen LogP contribution is -2.01. The second-order valence-corrected chi connectivity index (χ2v) is 4.10. The van der Waals surface area contributed by atoms with E-state index in [1.807, 2.05) is 0 Å². The van der Waals surface area contributed by atoms with Crippen LogP contribution in [0, 0.1) is 11.3 Å². The Morgan fingerprint density at radius 2 is 2.56 bits per heavy atom. The third-order valence-corrected chi connectivity index (χ3v) is 3.02. The molecule has 0 nitrogen and oxygen atoms in total. The molecule has 1 saturated carbocycles. The molecule has 2 aliphatic carbocycles. The molecule has 1 fully saturated rings. The zero-order chi connectivity index (χ0) is 6.48. The summed E-state index contributed by atoms with van der Waals surface area (Å²) in [7, 11) is 0. The molecule has 0 radical (unpaired) electrons. The smallest absolute Gasteiger partial charge is 0.0146 e. The van der Waals surface area contributed by atoms with Gasteiger partial charge in [0.05, 0.1) is 0 Å². The van der Waals surface area contributed by atoms with Gasteiger partial charge in [0.1, 0.15) is 0 Å². The van der Waals surface area contributed by atoms with E-state index in [9.17, 15) is 0 Å². The summed E-state index contributed by atoms with van der Waals surface area (Å²) in [5.74, 6) is 0.972. The fourth-order valence-electron chi connectivity index (χ4n) is 1.82. The van der Waals surface area contributed by atoms with Gasteiger partial charge in [-0.3, -0.25) is 0 Å². The fraction of sp³-hybridized carbons (Fsp3) is 0.750. The third-order valence-electron chi connectivity index (χ3n) is 2.73. The van der Waals surface area contributed by atoms with Gasteiger partial charge < -0.3 is 0 Å². The van der Waals surface area contributed by atoms with Crippen LogP contribution in [0.1, 0.15) is 26.2 Å². The van der Waals surface area contributed by atoms with Gasteiger partial charge in [-0.15, -0.1) is 0 Å². The van der Waals surface area contributed by atoms with Crippen LogP contribution >= 0.6 is 11.6 Å². The van der Waals surface area contributed by atoms with Crippen molar-refractivity contribution in [3.05, 3.63) is 11.1 Å². The maximum absolute atomic E-state index is 5.89. The van der Waals surface area contributed by atoms with Crippen molar-refractivity contribution in [3.63, 3.8) is 0 Å². The van der Waals surface area contributed by atoms with E-state index in [2.05, 4.69) is 13.0 Å². The number of fused-ring (bicyclic) bond motifs is 1. The Labute approximate surface area is 60.9 Å². The molecule has 0 aliphatic heterocycles. The Kier molecular flexibility index (Phi) is 0.993. The van der Waals surface area contributed by atoms with E-state index in [1.165, 1.54) is 12.8 Å². The second kappa shape index (κ2) is 1.54. The molecular formula is C8H11Cl. The predicted molar refractivity (Wildman–Crippen MR) is 39.4 cm³/mol. The Hall–Kier alpha value is 0.0300. The molecule has 0 aromatic rings. The molecular weight excluding hydrogens is 132 g/mol. The number of halogens is 1. The number of hydrogen-bond acceptors (Lipinski definition) is 0. The molecule has 0 N–H and O–H groups in total. The average molecular weight is 143 g/mol. The second-order valence-electron chi connectivity index (χ2n) is 3.62. The quantitative estimate of drug-likeness (QED) is 0.488. The molecule has 2 atom stereocenters. The van der Waals surface area contributed by atoms with Crippen LogP contribution in [0.4, 0.5) is 0 Å². The van der Waals surface area contributed by atoms with Crippen molar-refractivity contribution >= 4 is 11.6 Å². The summed E-state index contributed by atoms with van der Waals surface area (Å²) in [5.41, 5.74) is 0.617. The molecule has 0 aromatic heterocycles. The van der Waals surface area contributed by atoms with Crippen molar-refractivity contribution in [2.45, 2.75) is 26.2 Å². The highest BCUT2D eigenvalue weighted by atomic mass is 35.5. The van der Waals surface area contributed by atoms with E-state index in [4.69, 9.17) is 11.6 Å². The topological polar surface area (TPSA) is 0 Å². The SMILES string of the molecule is CC12CC(Cl)=CCC1C2. The van der Waals surface area contributed by atoms with Gasteiger partial charge in [-0.05, 0) is 30.6 Å². The zero-order valence-corrected chi connectivity index (χ0v) is 6.41. The van der Waals surface area contributed by atoms with Crippen LogP contribution in [0.2, 0.25) is 0 Å². The monoisotopic (exact) mass is 142 g/mol. The van der Waals surface area contributed by atoms with Crippen molar-refractivity contribution in [2.75, 3.05) is 0 Å². The number of allylic oxidation sites excluding steroid dienone is 2. The average Bonchev–Trinajstić information content (AvgIpc) is 2.38. The van der Waals surface area contributed by atoms with Crippen LogP contribution in [-0.2, 0) is 0 Å². The minimum Gasteiger partial charge on any atom is -0.0895 e. The van der Waals surface area contributed by atoms with Crippen molar-refractivity contribution < 1.29 is 0 Å². The van der Waals surface area contributed by atoms with E-state index in [0.29, 0.717) is 5.41 Å². The summed E-state index contributed by atoms with van der Waals surface area (Å²) in [6.45, 7) is 2.34. The molecule has 0 aromatic carbocycles. The van der Waals surface area contributed by atoms with Crippen molar-refractivity contribution in [1.29, 1.82) is 0 Å². The Bertz CT molecular complexity index is 171. The van der Waals surface area contributed by atoms with E-state index >= 15 is 0 Å². The van der Waals surface area contributed by atoms with Gasteiger partial charge in [-0.25, -0.2) is 0 Å². The standard InChI is InChI=1S/C8H11Cl/c1-8-4-6(8)2-3-7(9)5-8/h3,6H,2,4-5H2,1H3. The zero-order valence-electron chi connectivity index (χ0n) is 5.65. The van der Waals surface area contributed by atoms with Gasteiger partial charge in [0.25, 0.3) is 0 Å². The summed E-state index contributed by atoms with van der Waals surface area (Å²) >= 11 is 5.89. The minimum atomic E-state index is 0.617. The van der Waals surface area contributed by atoms with E-state index < -0.39 is 0 Å². The van der Waals surface area contributed by atoms with Crippen molar-refractivity contribution in [2.24, 2.45) is 11.3 Å². The maximum Gasteiger partial charge on any atom is 0.0146 e. The summed E-state index contributed by atoms with van der Waals surface area (Å²) in [6, 6.07) is 0. The molecule has 9 heavy (non-hydrogen) atoms. The first-order valence-corrected chi connectivity index (χ1v) is 3.93. The summed E-state index contributed by atoms with van der Waals surface area (Å²) < 4.78 is 0. The van der Waals surface area contributed by atoms with Gasteiger partial charge in [-0.2, -0.15) is 0 Å². The van der Waals surface area contributed by atoms with Crippen LogP contribution in [0.3, 0.4) is 0 Å². The van der Waals surface area contributed by atoms with Crippen molar-refractivity contribution in [3.8, 4) is 0 Å². The third kappa shape index (κ3) is 0.806. The Balaban J connectivity index is 2.17. The molecule has 0 saturated heterocycles. The Morgan fingerprint density at radius 3 is 3.11 bits per heavy atom. The lowest BCUT2D eigenvalue weighted by molar-refractivity contribution is 0.490. The molecule has 0 bridgehead atoms. The van der Waals surface area contributed by atoms with Crippen LogP contribution in [-0.4, -0.2) is 0 Å². The molecule has 1 heteroatoms. The predicted octanol–water partition coefficient (Wildman–Crippen LogP) is 2.93. The van der Waals surface area contributed by atoms with Crippen LogP contribution in [0.25, 0.3) is 0 Å². The van der Waals surface area contributed by atoms with Crippen LogP contribution < -0.4 is 0 Å². The van der Waals surface area contributed by atoms with E-state index in [1.54, 1.807) is 0 Å². The van der Waals surface area contributed by atoms with Crippen LogP contribution in [0.15, 0.2) is 11.1 Å². The largest absolute Gasteiger partial charge is 0.0895 e. The van der Waals surface area contributed by atoms with E-state index in [0.717, 1.165) is 17.4 Å². The highest BCUT2D eigenvalue weighted by Crippen LogP contribution is 2.60. The lowest BCUT2D eigenvalue weighted by Gasteiger charge is -2.13. The highest BCUT2D eigenvalue weighted by molar-refractivity contribution is 6.29. The molecule has 0 amide bonds. The first-order valence-electron chi connectivity index (χ1n) is 3.55. The van der Waals surface area contributed by atoms with Gasteiger partial charge in [-0.1, -0.05) is 24.6 Å². The Morgan fingerprint density at radius 1 is 1.78 bits per heavy atom. The molecule has 2 rings (SSSR count). The summed E-state index contributed by atoms with van der Waals surface area (Å²) in [4.78, 5) is 0.